The van der Waals surface area contributed by atoms with Gasteiger partial charge in [0, 0.05) is 0 Å². The van der Waals surface area contributed by atoms with Crippen LogP contribution >= 0.6 is 0 Å². The summed E-state index contributed by atoms with van der Waals surface area (Å²) >= 11 is 0. The summed E-state index contributed by atoms with van der Waals surface area (Å²) in [7, 11) is 0. The van der Waals surface area contributed by atoms with Crippen molar-refractivity contribution in [1.82, 2.24) is 0 Å². The lowest BCUT2D eigenvalue weighted by molar-refractivity contribution is 0.316. The molecule has 0 atom stereocenters. The van der Waals surface area contributed by atoms with E-state index in [1.165, 1.54) is 6.42 Å². The molecular formula is C13H30. The zero-order chi connectivity index (χ0) is 11.0. The minimum atomic E-state index is 0.843. The Morgan fingerprint density at radius 2 is 0.923 bits per heavy atom. The number of hydrogen-bond donors (Lipinski definition) is 0. The van der Waals surface area contributed by atoms with Gasteiger partial charge in [0.1, 0.15) is 0 Å². The van der Waals surface area contributed by atoms with Crippen molar-refractivity contribution in [3.63, 3.8) is 0 Å². The fraction of sp³-hybridized carbons (Fsp3) is 1.00. The van der Waals surface area contributed by atoms with E-state index in [2.05, 4.69) is 55.4 Å². The van der Waals surface area contributed by atoms with Crippen molar-refractivity contribution in [3.8, 4) is 0 Å². The first kappa shape index (κ1) is 15.5. The summed E-state index contributed by atoms with van der Waals surface area (Å²) in [6.45, 7) is 18.1. The van der Waals surface area contributed by atoms with Crippen molar-refractivity contribution in [3.05, 3.63) is 0 Å². The first-order valence-electron chi connectivity index (χ1n) is 5.82. The Morgan fingerprint density at radius 3 is 0.923 bits per heavy atom. The van der Waals surface area contributed by atoms with Crippen LogP contribution in [0.25, 0.3) is 0 Å². The average molecular weight is 186 g/mol. The second kappa shape index (κ2) is 8.59. The molecule has 0 N–H and O–H groups in total. The van der Waals surface area contributed by atoms with Gasteiger partial charge in [0.05, 0.1) is 0 Å². The summed E-state index contributed by atoms with van der Waals surface area (Å²) in [5.41, 5.74) is 0. The fourth-order valence-electron chi connectivity index (χ4n) is 0.770. The summed E-state index contributed by atoms with van der Waals surface area (Å²) in [5.74, 6) is 3.44. The normalized spacial score (nSPS) is 11.1. The Bertz CT molecular complexity index is 82.2. The highest BCUT2D eigenvalue weighted by Gasteiger charge is 2.09. The third-order valence-corrected chi connectivity index (χ3v) is 2.92. The topological polar surface area (TPSA) is 0 Å². The number of rotatable bonds is 3. The van der Waals surface area contributed by atoms with E-state index in [0.717, 1.165) is 23.7 Å². The Morgan fingerprint density at radius 1 is 0.692 bits per heavy atom. The van der Waals surface area contributed by atoms with Gasteiger partial charge >= 0.3 is 0 Å². The molecule has 0 aliphatic heterocycles. The molecule has 0 amide bonds. The highest BCUT2D eigenvalue weighted by Crippen LogP contribution is 2.18. The van der Waals surface area contributed by atoms with E-state index < -0.39 is 0 Å². The SMILES string of the molecule is CC(C)C(C)C(C)C.CCC(C)C. The highest BCUT2D eigenvalue weighted by molar-refractivity contribution is 4.59. The van der Waals surface area contributed by atoms with E-state index in [1.54, 1.807) is 0 Å². The molecule has 0 rings (SSSR count). The van der Waals surface area contributed by atoms with Gasteiger partial charge in [0.25, 0.3) is 0 Å². The van der Waals surface area contributed by atoms with Gasteiger partial charge in [-0.2, -0.15) is 0 Å². The Hall–Kier alpha value is 0. The quantitative estimate of drug-likeness (QED) is 0.582. The van der Waals surface area contributed by atoms with Crippen molar-refractivity contribution in [2.24, 2.45) is 23.7 Å². The van der Waals surface area contributed by atoms with Crippen LogP contribution in [0.15, 0.2) is 0 Å². The first-order valence-corrected chi connectivity index (χ1v) is 5.82. The molecule has 0 nitrogen and oxygen atoms in total. The molecule has 0 heteroatoms. The van der Waals surface area contributed by atoms with Gasteiger partial charge in [-0.25, -0.2) is 0 Å². The summed E-state index contributed by atoms with van der Waals surface area (Å²) in [4.78, 5) is 0. The van der Waals surface area contributed by atoms with Crippen LogP contribution in [0.1, 0.15) is 61.8 Å². The Kier molecular flexibility index (Phi) is 10.2. The molecule has 0 fully saturated rings. The van der Waals surface area contributed by atoms with E-state index in [4.69, 9.17) is 0 Å². The smallest absolute Gasteiger partial charge is 0.0396 e. The van der Waals surface area contributed by atoms with Gasteiger partial charge in [0.2, 0.25) is 0 Å². The lowest BCUT2D eigenvalue weighted by Gasteiger charge is -2.18. The second-order valence-corrected chi connectivity index (χ2v) is 5.15. The van der Waals surface area contributed by atoms with Crippen LogP contribution in [-0.4, -0.2) is 0 Å². The highest BCUT2D eigenvalue weighted by atomic mass is 14.2. The number of hydrogen-bond acceptors (Lipinski definition) is 0. The molecule has 0 saturated heterocycles. The largest absolute Gasteiger partial charge is 0.0651 e. The van der Waals surface area contributed by atoms with E-state index in [1.807, 2.05) is 0 Å². The monoisotopic (exact) mass is 186 g/mol. The Labute approximate surface area is 86.1 Å². The standard InChI is InChI=1S/C8H18.C5H12/c1-6(2)8(5)7(3)4;1-4-5(2)3/h6-8H,1-5H3;5H,4H2,1-3H3. The van der Waals surface area contributed by atoms with Crippen molar-refractivity contribution >= 4 is 0 Å². The van der Waals surface area contributed by atoms with Gasteiger partial charge in [-0.3, -0.25) is 0 Å². The second-order valence-electron chi connectivity index (χ2n) is 5.15. The maximum absolute atomic E-state index is 2.31. The van der Waals surface area contributed by atoms with E-state index in [9.17, 15) is 0 Å². The van der Waals surface area contributed by atoms with Crippen LogP contribution < -0.4 is 0 Å². The zero-order valence-corrected chi connectivity index (χ0v) is 11.0. The van der Waals surface area contributed by atoms with Gasteiger partial charge < -0.3 is 0 Å². The fourth-order valence-corrected chi connectivity index (χ4v) is 0.770. The molecule has 0 heterocycles. The molecule has 13 heavy (non-hydrogen) atoms. The molecule has 0 aromatic carbocycles. The summed E-state index contributed by atoms with van der Waals surface area (Å²) in [5, 5.41) is 0. The van der Waals surface area contributed by atoms with Gasteiger partial charge in [-0.1, -0.05) is 61.8 Å². The Balaban J connectivity index is 0. The summed E-state index contributed by atoms with van der Waals surface area (Å²) in [6, 6.07) is 0. The van der Waals surface area contributed by atoms with Crippen LogP contribution in [0, 0.1) is 23.7 Å². The van der Waals surface area contributed by atoms with Crippen molar-refractivity contribution in [2.45, 2.75) is 61.8 Å². The van der Waals surface area contributed by atoms with Gasteiger partial charge in [-0.15, -0.1) is 0 Å². The molecule has 0 spiro atoms. The molecule has 82 valence electrons. The maximum atomic E-state index is 2.31. The van der Waals surface area contributed by atoms with Gasteiger partial charge in [0.15, 0.2) is 0 Å². The molecule has 0 bridgehead atoms. The molecule has 0 aliphatic carbocycles. The van der Waals surface area contributed by atoms with Crippen LogP contribution in [0.3, 0.4) is 0 Å². The molecule has 0 saturated carbocycles. The predicted octanol–water partition coefficient (Wildman–Crippen LogP) is 4.99. The third-order valence-electron chi connectivity index (χ3n) is 2.92. The van der Waals surface area contributed by atoms with Crippen LogP contribution in [0.2, 0.25) is 0 Å². The minimum absolute atomic E-state index is 0.843. The molecule has 0 radical (unpaired) electrons. The predicted molar refractivity (Wildman–Crippen MR) is 64.0 cm³/mol. The molecule has 0 aliphatic rings. The van der Waals surface area contributed by atoms with Crippen molar-refractivity contribution in [2.75, 3.05) is 0 Å². The van der Waals surface area contributed by atoms with E-state index in [0.29, 0.717) is 0 Å². The van der Waals surface area contributed by atoms with Crippen LogP contribution in [0.5, 0.6) is 0 Å². The van der Waals surface area contributed by atoms with Crippen molar-refractivity contribution < 1.29 is 0 Å². The molecular weight excluding hydrogens is 156 g/mol. The minimum Gasteiger partial charge on any atom is -0.0651 e. The van der Waals surface area contributed by atoms with Crippen LogP contribution in [0.4, 0.5) is 0 Å². The third kappa shape index (κ3) is 12.0. The lowest BCUT2D eigenvalue weighted by Crippen LogP contribution is -2.10. The average Bonchev–Trinajstić information content (AvgIpc) is 2.03. The molecule has 0 aromatic heterocycles. The maximum Gasteiger partial charge on any atom is -0.0396 e. The van der Waals surface area contributed by atoms with Gasteiger partial charge in [-0.05, 0) is 23.7 Å². The van der Waals surface area contributed by atoms with Crippen LogP contribution in [-0.2, 0) is 0 Å². The lowest BCUT2D eigenvalue weighted by atomic mass is 9.88. The van der Waals surface area contributed by atoms with E-state index in [-0.39, 0.29) is 0 Å². The van der Waals surface area contributed by atoms with Crippen molar-refractivity contribution in [1.29, 1.82) is 0 Å². The molecule has 0 unspecified atom stereocenters. The zero-order valence-electron chi connectivity index (χ0n) is 11.0. The summed E-state index contributed by atoms with van der Waals surface area (Å²) < 4.78 is 0. The van der Waals surface area contributed by atoms with E-state index >= 15 is 0 Å². The molecule has 0 aromatic rings. The summed E-state index contributed by atoms with van der Waals surface area (Å²) in [6.07, 6.45) is 1.31. The first-order chi connectivity index (χ1) is 5.82.